The van der Waals surface area contributed by atoms with Crippen molar-refractivity contribution >= 4 is 5.57 Å². The van der Waals surface area contributed by atoms with Gasteiger partial charge in [-0.05, 0) is 49.5 Å². The molecular formula is C27H39N3O2. The summed E-state index contributed by atoms with van der Waals surface area (Å²) in [7, 11) is 0. The fourth-order valence-corrected chi connectivity index (χ4v) is 3.95. The Hall–Kier alpha value is -2.02. The van der Waals surface area contributed by atoms with Crippen LogP contribution in [0.5, 0.6) is 0 Å². The van der Waals surface area contributed by atoms with Crippen LogP contribution in [-0.2, 0) is 13.1 Å². The molecule has 0 bridgehead atoms. The summed E-state index contributed by atoms with van der Waals surface area (Å²) in [5, 5.41) is 19.4. The first kappa shape index (κ1) is 24.6. The Balaban J connectivity index is 0.000000523. The molecule has 1 saturated heterocycles. The van der Waals surface area contributed by atoms with Gasteiger partial charge >= 0.3 is 0 Å². The van der Waals surface area contributed by atoms with Crippen molar-refractivity contribution in [1.82, 2.24) is 14.9 Å². The largest absolute Gasteiger partial charge is 0.391 e. The maximum absolute atomic E-state index is 9.48. The van der Waals surface area contributed by atoms with E-state index < -0.39 is 5.60 Å². The molecule has 0 spiro atoms. The van der Waals surface area contributed by atoms with Crippen LogP contribution in [0.4, 0.5) is 0 Å². The highest BCUT2D eigenvalue weighted by molar-refractivity contribution is 5.66. The first-order chi connectivity index (χ1) is 15.3. The number of piperazine rings is 1. The van der Waals surface area contributed by atoms with E-state index >= 15 is 0 Å². The highest BCUT2D eigenvalue weighted by Gasteiger charge is 2.17. The van der Waals surface area contributed by atoms with Gasteiger partial charge in [0.2, 0.25) is 0 Å². The number of aliphatic hydroxyl groups is 1. The number of hydrogen-bond acceptors (Lipinski definition) is 5. The summed E-state index contributed by atoms with van der Waals surface area (Å²) >= 11 is 0. The molecule has 2 heterocycles. The minimum atomic E-state index is -0.500. The van der Waals surface area contributed by atoms with E-state index in [0.717, 1.165) is 52.2 Å². The second-order valence-corrected chi connectivity index (χ2v) is 9.80. The van der Waals surface area contributed by atoms with Crippen LogP contribution in [0.3, 0.4) is 0 Å². The first-order valence-electron chi connectivity index (χ1n) is 11.7. The third kappa shape index (κ3) is 8.85. The first-order valence-corrected chi connectivity index (χ1v) is 11.7. The fraction of sp³-hybridized carbons (Fsp3) is 0.481. The zero-order valence-electron chi connectivity index (χ0n) is 19.9. The van der Waals surface area contributed by atoms with E-state index in [2.05, 4.69) is 70.5 Å². The van der Waals surface area contributed by atoms with Gasteiger partial charge in [-0.1, -0.05) is 60.7 Å². The summed E-state index contributed by atoms with van der Waals surface area (Å²) in [4.78, 5) is 5.11. The summed E-state index contributed by atoms with van der Waals surface area (Å²) in [5.74, 6) is 0. The highest BCUT2D eigenvalue weighted by atomic mass is 16.5. The van der Waals surface area contributed by atoms with Crippen molar-refractivity contribution in [3.05, 3.63) is 77.4 Å². The van der Waals surface area contributed by atoms with E-state index in [1.165, 1.54) is 27.3 Å². The number of hydrogen-bond donors (Lipinski definition) is 2. The van der Waals surface area contributed by atoms with Crippen LogP contribution < -0.4 is 0 Å². The van der Waals surface area contributed by atoms with Crippen molar-refractivity contribution in [3.63, 3.8) is 0 Å². The second-order valence-electron chi connectivity index (χ2n) is 9.80. The lowest BCUT2D eigenvalue weighted by molar-refractivity contribution is -0.0807. The molecule has 174 valence electrons. The van der Waals surface area contributed by atoms with E-state index in [0.29, 0.717) is 6.54 Å². The lowest BCUT2D eigenvalue weighted by Gasteiger charge is -2.34. The molecule has 2 aliphatic rings. The summed E-state index contributed by atoms with van der Waals surface area (Å²) < 4.78 is 0. The van der Waals surface area contributed by atoms with Crippen molar-refractivity contribution in [2.45, 2.75) is 45.9 Å². The zero-order valence-corrected chi connectivity index (χ0v) is 19.9. The van der Waals surface area contributed by atoms with E-state index in [1.807, 2.05) is 0 Å². The Bertz CT molecular complexity index is 829. The average Bonchev–Trinajstić information content (AvgIpc) is 2.76. The SMILES string of the molecule is CC(C)(C)O.ON1CC=C(c2ccc(CN3CCN(Cc4ccccc4)CC3)cc2)CC1. The molecule has 4 rings (SSSR count). The van der Waals surface area contributed by atoms with Crippen LogP contribution in [0.15, 0.2) is 60.7 Å². The van der Waals surface area contributed by atoms with Gasteiger partial charge in [0.25, 0.3) is 0 Å². The lowest BCUT2D eigenvalue weighted by Crippen LogP contribution is -2.45. The smallest absolute Gasteiger partial charge is 0.0563 e. The normalized spacial score (nSPS) is 18.6. The van der Waals surface area contributed by atoms with Gasteiger partial charge in [-0.3, -0.25) is 9.80 Å². The molecule has 1 fully saturated rings. The Morgan fingerprint density at radius 3 is 1.72 bits per heavy atom. The van der Waals surface area contributed by atoms with E-state index in [9.17, 15) is 5.21 Å². The van der Waals surface area contributed by atoms with Gasteiger partial charge in [-0.25, -0.2) is 0 Å². The van der Waals surface area contributed by atoms with Gasteiger partial charge in [0.15, 0.2) is 0 Å². The third-order valence-electron chi connectivity index (χ3n) is 5.63. The van der Waals surface area contributed by atoms with Gasteiger partial charge in [0.1, 0.15) is 0 Å². The maximum atomic E-state index is 9.48. The Morgan fingerprint density at radius 1 is 0.750 bits per heavy atom. The average molecular weight is 438 g/mol. The Labute approximate surface area is 193 Å². The summed E-state index contributed by atoms with van der Waals surface area (Å²) in [6.45, 7) is 13.2. The van der Waals surface area contributed by atoms with Crippen LogP contribution in [0.1, 0.15) is 43.9 Å². The monoisotopic (exact) mass is 437 g/mol. The summed E-state index contributed by atoms with van der Waals surface area (Å²) in [5.41, 5.74) is 4.93. The number of hydroxylamine groups is 2. The molecule has 2 aromatic rings. The topological polar surface area (TPSA) is 50.2 Å². The third-order valence-corrected chi connectivity index (χ3v) is 5.63. The number of rotatable bonds is 5. The molecule has 0 amide bonds. The van der Waals surface area contributed by atoms with E-state index in [1.54, 1.807) is 20.8 Å². The lowest BCUT2D eigenvalue weighted by atomic mass is 9.99. The van der Waals surface area contributed by atoms with Gasteiger partial charge in [-0.2, -0.15) is 5.06 Å². The van der Waals surface area contributed by atoms with E-state index in [4.69, 9.17) is 5.11 Å². The molecule has 32 heavy (non-hydrogen) atoms. The van der Waals surface area contributed by atoms with Crippen LogP contribution in [0, 0.1) is 0 Å². The quantitative estimate of drug-likeness (QED) is 0.732. The summed E-state index contributed by atoms with van der Waals surface area (Å²) in [6.07, 6.45) is 3.05. The zero-order chi connectivity index (χ0) is 23.0. The van der Waals surface area contributed by atoms with Crippen LogP contribution in [0.2, 0.25) is 0 Å². The molecule has 2 aromatic carbocycles. The molecule has 0 aliphatic carbocycles. The number of nitrogens with zero attached hydrogens (tertiary/aromatic N) is 3. The van der Waals surface area contributed by atoms with Crippen molar-refractivity contribution in [1.29, 1.82) is 0 Å². The van der Waals surface area contributed by atoms with Crippen LogP contribution in [-0.4, -0.2) is 70.0 Å². The minimum Gasteiger partial charge on any atom is -0.391 e. The molecule has 2 N–H and O–H groups in total. The fourth-order valence-electron chi connectivity index (χ4n) is 3.95. The molecule has 5 nitrogen and oxygen atoms in total. The van der Waals surface area contributed by atoms with Crippen LogP contribution >= 0.6 is 0 Å². The summed E-state index contributed by atoms with van der Waals surface area (Å²) in [6, 6.07) is 19.8. The van der Waals surface area contributed by atoms with Gasteiger partial charge < -0.3 is 10.3 Å². The molecule has 2 aliphatic heterocycles. The molecule has 0 saturated carbocycles. The van der Waals surface area contributed by atoms with Gasteiger partial charge in [0.05, 0.1) is 5.60 Å². The van der Waals surface area contributed by atoms with Gasteiger partial charge in [0, 0.05) is 52.4 Å². The van der Waals surface area contributed by atoms with Crippen LogP contribution in [0.25, 0.3) is 5.57 Å². The Kier molecular flexibility index (Phi) is 9.02. The van der Waals surface area contributed by atoms with Crippen molar-refractivity contribution in [2.24, 2.45) is 0 Å². The number of benzene rings is 2. The second kappa shape index (κ2) is 11.7. The Morgan fingerprint density at radius 2 is 1.25 bits per heavy atom. The predicted octanol–water partition coefficient (Wildman–Crippen LogP) is 4.26. The highest BCUT2D eigenvalue weighted by Crippen LogP contribution is 2.22. The molecular weight excluding hydrogens is 398 g/mol. The molecule has 0 atom stereocenters. The minimum absolute atomic E-state index is 0.500. The predicted molar refractivity (Wildman–Crippen MR) is 131 cm³/mol. The molecule has 5 heteroatoms. The maximum Gasteiger partial charge on any atom is 0.0563 e. The molecule has 0 radical (unpaired) electrons. The molecule has 0 aromatic heterocycles. The standard InChI is InChI=1S/C23H29N3O.C4H10O/c27-26-12-10-23(11-13-26)22-8-6-21(7-9-22)19-25-16-14-24(15-17-25)18-20-4-2-1-3-5-20;1-4(2,3)5/h1-10,27H,11-19H2;5H,1-3H3. The van der Waals surface area contributed by atoms with Crippen molar-refractivity contribution in [2.75, 3.05) is 39.3 Å². The van der Waals surface area contributed by atoms with Gasteiger partial charge in [-0.15, -0.1) is 0 Å². The molecule has 0 unspecified atom stereocenters. The van der Waals surface area contributed by atoms with Crippen molar-refractivity contribution < 1.29 is 10.3 Å². The van der Waals surface area contributed by atoms with Crippen molar-refractivity contribution in [3.8, 4) is 0 Å². The van der Waals surface area contributed by atoms with E-state index in [-0.39, 0.29) is 0 Å².